The van der Waals surface area contributed by atoms with Gasteiger partial charge < -0.3 is 63.6 Å². The van der Waals surface area contributed by atoms with Crippen molar-refractivity contribution in [1.29, 1.82) is 0 Å². The molecule has 444 valence electrons. The van der Waals surface area contributed by atoms with Gasteiger partial charge in [0.15, 0.2) is 23.3 Å². The summed E-state index contributed by atoms with van der Waals surface area (Å²) in [5.41, 5.74) is 20.2. The lowest BCUT2D eigenvalue weighted by atomic mass is 9.95. The zero-order valence-corrected chi connectivity index (χ0v) is 49.2. The van der Waals surface area contributed by atoms with Gasteiger partial charge in [0.05, 0.1) is 84.1 Å². The van der Waals surface area contributed by atoms with E-state index in [1.54, 1.807) is 51.7 Å². The molecule has 0 saturated heterocycles. The maximum Gasteiger partial charge on any atom is 0.222 e. The molecule has 0 spiro atoms. The minimum Gasteiger partial charge on any atom is -0.495 e. The van der Waals surface area contributed by atoms with Crippen LogP contribution in [0.5, 0.6) is 5.75 Å². The van der Waals surface area contributed by atoms with Gasteiger partial charge >= 0.3 is 0 Å². The molecule has 14 N–H and O–H groups in total. The first-order valence-corrected chi connectivity index (χ1v) is 27.5. The SMILES string of the molecule is CC(C)(O)CC[C@H](CO)Nc1nc(N)nc2cccnc12.CCCCC[C@@](C)(CO)Nc1nc(N)nc2cc(F)cnc12.CCCCC[C@@](C)(CO)Nc1nc(N)nc2cccnc12.COc1cnc2c(NC(C)(C)C)nc(C)nc2c1. The predicted molar refractivity (Wildman–Crippen MR) is 324 cm³/mol. The van der Waals surface area contributed by atoms with E-state index in [1.165, 1.54) is 6.07 Å². The number of halogens is 1. The van der Waals surface area contributed by atoms with Crippen molar-refractivity contribution in [2.24, 2.45) is 0 Å². The number of fused-ring (bicyclic) bond motifs is 4. The minimum absolute atomic E-state index is 0.0228. The van der Waals surface area contributed by atoms with Crippen LogP contribution >= 0.6 is 0 Å². The molecule has 82 heavy (non-hydrogen) atoms. The van der Waals surface area contributed by atoms with Gasteiger partial charge in [0, 0.05) is 30.1 Å². The Morgan fingerprint density at radius 1 is 0.573 bits per heavy atom. The van der Waals surface area contributed by atoms with Crippen LogP contribution in [0, 0.1) is 12.7 Å². The second kappa shape index (κ2) is 29.7. The molecule has 0 aliphatic heterocycles. The molecule has 0 unspecified atom stereocenters. The van der Waals surface area contributed by atoms with Crippen LogP contribution in [-0.4, -0.2) is 135 Å². The average molecular weight is 1130 g/mol. The number of unbranched alkanes of at least 4 members (excludes halogenated alkanes) is 4. The van der Waals surface area contributed by atoms with Crippen LogP contribution in [-0.2, 0) is 0 Å². The number of pyridine rings is 4. The van der Waals surface area contributed by atoms with Crippen LogP contribution in [0.3, 0.4) is 0 Å². The molecule has 0 fully saturated rings. The summed E-state index contributed by atoms with van der Waals surface area (Å²) in [5.74, 6) is 3.55. The maximum atomic E-state index is 13.3. The normalized spacial score (nSPS) is 13.3. The number of anilines is 7. The van der Waals surface area contributed by atoms with Crippen LogP contribution < -0.4 is 43.2 Å². The number of hydrogen-bond acceptors (Lipinski definition) is 24. The molecule has 0 saturated carbocycles. The van der Waals surface area contributed by atoms with Crippen molar-refractivity contribution in [2.75, 3.05) is 65.4 Å². The van der Waals surface area contributed by atoms with Gasteiger partial charge in [-0.05, 0) is 105 Å². The smallest absolute Gasteiger partial charge is 0.222 e. The first-order valence-electron chi connectivity index (χ1n) is 27.5. The minimum atomic E-state index is -0.778. The highest BCUT2D eigenvalue weighted by Crippen LogP contribution is 2.29. The maximum absolute atomic E-state index is 13.3. The Morgan fingerprint density at radius 3 is 1.51 bits per heavy atom. The standard InChI is InChI=1S/C15H22FN5O.C15H23N5O.C14H21N5O2.C13H18N4O/c1-3-4-5-6-15(2,9-22)21-13-12-11(19-14(17)20-13)7-10(16)8-18-12;1-3-4-5-8-15(2,10-21)20-13-12-11(7-6-9-17-12)18-14(16)19-13;1-14(2,21)6-5-9(8-20)17-12-11-10(4-3-7-16-11)18-13(15)19-12;1-8-15-10-6-9(18-5)7-14-11(10)12(16-8)17-13(2,3)4/h7-8,22H,3-6,9H2,1-2H3,(H3,17,19,20,21);6-7,9,21H,3-5,8,10H2,1-2H3,(H3,16,18,19,20);3-4,7,9,20-21H,5-6,8H2,1-2H3,(H3,15,17,18,19);6-7H,1-5H3,(H,15,16,17)/t2*15-;9-;/m001./s1. The summed E-state index contributed by atoms with van der Waals surface area (Å²) in [7, 11) is 1.62. The second-order valence-corrected chi connectivity index (χ2v) is 22.3. The van der Waals surface area contributed by atoms with E-state index >= 15 is 0 Å². The van der Waals surface area contributed by atoms with Crippen molar-refractivity contribution in [3.8, 4) is 5.75 Å². The number of ether oxygens (including phenoxy) is 1. The monoisotopic (exact) mass is 1130 g/mol. The molecule has 8 heterocycles. The van der Waals surface area contributed by atoms with E-state index < -0.39 is 22.5 Å². The largest absolute Gasteiger partial charge is 0.495 e. The quantitative estimate of drug-likeness (QED) is 0.0284. The molecule has 0 aromatic carbocycles. The first kappa shape index (κ1) is 64.9. The zero-order chi connectivity index (χ0) is 60.3. The fourth-order valence-electron chi connectivity index (χ4n) is 8.32. The molecule has 0 aliphatic rings. The Kier molecular flexibility index (Phi) is 23.5. The van der Waals surface area contributed by atoms with E-state index in [2.05, 4.69) is 116 Å². The van der Waals surface area contributed by atoms with E-state index in [0.29, 0.717) is 75.0 Å². The van der Waals surface area contributed by atoms with Crippen LogP contribution in [0.2, 0.25) is 0 Å². The highest BCUT2D eigenvalue weighted by atomic mass is 19.1. The number of nitrogen functional groups attached to an aromatic ring is 3. The van der Waals surface area contributed by atoms with Crippen molar-refractivity contribution in [1.82, 2.24) is 59.8 Å². The Balaban J connectivity index is 0.000000201. The molecular weight excluding hydrogens is 1050 g/mol. The van der Waals surface area contributed by atoms with Gasteiger partial charge in [0.1, 0.15) is 39.5 Å². The third kappa shape index (κ3) is 20.0. The van der Waals surface area contributed by atoms with E-state index in [0.717, 1.165) is 74.4 Å². The summed E-state index contributed by atoms with van der Waals surface area (Å²) < 4.78 is 18.4. The van der Waals surface area contributed by atoms with E-state index in [-0.39, 0.29) is 49.2 Å². The second-order valence-electron chi connectivity index (χ2n) is 22.3. The number of aliphatic hydroxyl groups excluding tert-OH is 3. The van der Waals surface area contributed by atoms with Gasteiger partial charge in [-0.15, -0.1) is 0 Å². The summed E-state index contributed by atoms with van der Waals surface area (Å²) in [4.78, 5) is 50.6. The molecule has 3 atom stereocenters. The lowest BCUT2D eigenvalue weighted by Gasteiger charge is -2.29. The Labute approximate surface area is 478 Å². The highest BCUT2D eigenvalue weighted by Gasteiger charge is 2.27. The predicted octanol–water partition coefficient (Wildman–Crippen LogP) is 8.32. The number of nitrogens with zero attached hydrogens (tertiary/aromatic N) is 12. The van der Waals surface area contributed by atoms with Gasteiger partial charge in [0.2, 0.25) is 17.8 Å². The van der Waals surface area contributed by atoms with E-state index in [4.69, 9.17) is 21.9 Å². The summed E-state index contributed by atoms with van der Waals surface area (Å²) in [6.45, 7) is 19.7. The fraction of sp³-hybridized carbons (Fsp3) is 0.509. The number of rotatable bonds is 22. The first-order chi connectivity index (χ1) is 38.8. The molecule has 8 aromatic heterocycles. The van der Waals surface area contributed by atoms with E-state index in [1.807, 2.05) is 39.0 Å². The third-order valence-corrected chi connectivity index (χ3v) is 12.7. The number of aromatic nitrogens is 12. The molecule has 0 amide bonds. The third-order valence-electron chi connectivity index (χ3n) is 12.7. The van der Waals surface area contributed by atoms with Gasteiger partial charge in [-0.1, -0.05) is 52.4 Å². The molecule has 8 rings (SSSR count). The molecular formula is C57H84FN19O5. The Hall–Kier alpha value is -7.87. The van der Waals surface area contributed by atoms with Crippen molar-refractivity contribution < 1.29 is 29.6 Å². The van der Waals surface area contributed by atoms with Gasteiger partial charge in [0.25, 0.3) is 0 Å². The Morgan fingerprint density at radius 2 is 1.04 bits per heavy atom. The van der Waals surface area contributed by atoms with Crippen LogP contribution in [0.4, 0.5) is 45.5 Å². The van der Waals surface area contributed by atoms with Crippen molar-refractivity contribution in [3.05, 3.63) is 72.8 Å². The van der Waals surface area contributed by atoms with Crippen LogP contribution in [0.1, 0.15) is 132 Å². The van der Waals surface area contributed by atoms with Crippen molar-refractivity contribution in [3.63, 3.8) is 0 Å². The van der Waals surface area contributed by atoms with Crippen molar-refractivity contribution >= 4 is 85.3 Å². The van der Waals surface area contributed by atoms with Crippen LogP contribution in [0.25, 0.3) is 44.1 Å². The fourth-order valence-corrected chi connectivity index (χ4v) is 8.32. The number of aryl methyl sites for hydroxylation is 1. The van der Waals surface area contributed by atoms with Crippen molar-refractivity contribution in [2.45, 2.75) is 162 Å². The lowest BCUT2D eigenvalue weighted by molar-refractivity contribution is 0.0653. The number of nitrogens with two attached hydrogens (primary N) is 3. The van der Waals surface area contributed by atoms with Crippen LogP contribution in [0.15, 0.2) is 61.2 Å². The van der Waals surface area contributed by atoms with Gasteiger partial charge in [-0.25, -0.2) is 39.3 Å². The molecule has 0 aliphatic carbocycles. The molecule has 24 nitrogen and oxygen atoms in total. The van der Waals surface area contributed by atoms with Gasteiger partial charge in [-0.2, -0.15) is 15.0 Å². The topological polar surface area (TPSA) is 371 Å². The molecule has 8 aromatic rings. The number of hydrogen-bond donors (Lipinski definition) is 11. The Bertz CT molecular complexity index is 3310. The molecule has 0 bridgehead atoms. The summed E-state index contributed by atoms with van der Waals surface area (Å²) in [6, 6.07) is 10.1. The summed E-state index contributed by atoms with van der Waals surface area (Å²) in [5, 5.41) is 51.7. The highest BCUT2D eigenvalue weighted by molar-refractivity contribution is 5.88. The molecule has 0 radical (unpaired) electrons. The number of aliphatic hydroxyl groups is 4. The van der Waals surface area contributed by atoms with Gasteiger partial charge in [-0.3, -0.25) is 9.97 Å². The average Bonchev–Trinajstić information content (AvgIpc) is 3.61. The summed E-state index contributed by atoms with van der Waals surface area (Å²) >= 11 is 0. The van der Waals surface area contributed by atoms with E-state index in [9.17, 15) is 24.8 Å². The zero-order valence-electron chi connectivity index (χ0n) is 49.2. The number of methoxy groups -OCH3 is 1. The molecule has 25 heteroatoms. The lowest BCUT2D eigenvalue weighted by Crippen LogP contribution is -2.39. The summed E-state index contributed by atoms with van der Waals surface area (Å²) in [6.07, 6.45) is 15.4. The number of nitrogens with one attached hydrogen (secondary N) is 4.